The molecular formula is C64H93N9O13S2. The lowest BCUT2D eigenvalue weighted by atomic mass is 9.46. The number of amides is 4. The lowest BCUT2D eigenvalue weighted by Crippen LogP contribution is -2.82. The summed E-state index contributed by atoms with van der Waals surface area (Å²) in [7, 11) is 6.36. The number of para-hydroxylation sites is 1. The molecule has 2 bridgehead atoms. The second kappa shape index (κ2) is 27.2. The van der Waals surface area contributed by atoms with Crippen LogP contribution in [0.1, 0.15) is 141 Å². The van der Waals surface area contributed by atoms with Gasteiger partial charge < -0.3 is 56.2 Å². The summed E-state index contributed by atoms with van der Waals surface area (Å²) in [5.41, 5.74) is 11.1. The molecule has 24 heteroatoms. The summed E-state index contributed by atoms with van der Waals surface area (Å²) >= 11 is 0. The SMILES string of the molecule is CC[C@@H](C)C(=O)N[C@@H](C)C(=O)C[C@@H](CC(=O)O)C(=O)N[C@@H](CN)C(=O)CCCSSCCOC(=O)NNC(=O)[C@@]1(O)[C@H](O)[C@]2(CC)CCCN3CC[C@@]4(c5cc([C@@]6(C)C[C@@H]7CN(CCc8c6[nH]c6ccccc86)C[C@](O)(CC)C7)c(OC)cc5N(C)[C@@H]14)[C@@H]32. The van der Waals surface area contributed by atoms with E-state index in [1.165, 1.54) is 39.5 Å². The van der Waals surface area contributed by atoms with Gasteiger partial charge in [0.15, 0.2) is 17.2 Å². The standard InChI is InChI=1S/C64H93N9O13S2/c1-9-37(4)53(78)66-38(5)49(75)28-40(29-51(76)77)54(79)68-46(34-65)48(74)18-14-26-87-88-27-25-86-59(82)70-69-58(81)64(84)56-63(21-24-73-22-15-20-62(11-3,55(63)73)57(64)80)43-30-44(50(85-8)31-47(43)71(56)7)60(6)32-39-33-61(83,10-2)36-72(35-39)23-19-42-41-16-12-13-17-45(41)67-52(42)60/h12-13,16-17,30-31,37-40,46,55-57,67,80,83-84H,9-11,14-15,18-29,32-36,65H2,1-8H3,(H,66,78)(H,68,79)(H,69,81)(H,70,82)(H,76,77)/t37-,38+,39+,40+,46+,55+,56-,57-,60-,61+,62-,63-,64+/m1/s1. The lowest BCUT2D eigenvalue weighted by Gasteiger charge is -2.64. The van der Waals surface area contributed by atoms with Gasteiger partial charge in [0.1, 0.15) is 18.5 Å². The van der Waals surface area contributed by atoms with Crippen LogP contribution in [0.15, 0.2) is 36.4 Å². The number of nitrogens with two attached hydrogens (primary N) is 1. The van der Waals surface area contributed by atoms with Gasteiger partial charge in [0.05, 0.1) is 43.2 Å². The highest BCUT2D eigenvalue weighted by molar-refractivity contribution is 8.76. The number of fused-ring (bicyclic) bond motifs is 6. The van der Waals surface area contributed by atoms with E-state index in [0.717, 1.165) is 60.5 Å². The van der Waals surface area contributed by atoms with Gasteiger partial charge in [-0.2, -0.15) is 0 Å². The predicted octanol–water partition coefficient (Wildman–Crippen LogP) is 4.85. The van der Waals surface area contributed by atoms with Crippen molar-refractivity contribution in [3.05, 3.63) is 58.8 Å². The van der Waals surface area contributed by atoms with Crippen molar-refractivity contribution in [1.82, 2.24) is 36.3 Å². The number of ether oxygens (including phenoxy) is 2. The predicted molar refractivity (Wildman–Crippen MR) is 338 cm³/mol. The monoisotopic (exact) mass is 1260 g/mol. The minimum Gasteiger partial charge on any atom is -0.496 e. The van der Waals surface area contributed by atoms with Crippen LogP contribution in [0.2, 0.25) is 0 Å². The van der Waals surface area contributed by atoms with Crippen LogP contribution in [0.4, 0.5) is 10.5 Å². The van der Waals surface area contributed by atoms with Gasteiger partial charge in [0.2, 0.25) is 11.8 Å². The van der Waals surface area contributed by atoms with E-state index in [0.29, 0.717) is 81.7 Å². The quantitative estimate of drug-likeness (QED) is 0.0308. The molecule has 14 atom stereocenters. The lowest BCUT2D eigenvalue weighted by molar-refractivity contribution is -0.222. The Hall–Kier alpha value is -5.47. The molecule has 4 amide bonds. The summed E-state index contributed by atoms with van der Waals surface area (Å²) in [6.45, 7) is 14.9. The molecule has 88 heavy (non-hydrogen) atoms. The van der Waals surface area contributed by atoms with Gasteiger partial charge in [0, 0.05) is 120 Å². The fourth-order valence-corrected chi connectivity index (χ4v) is 18.4. The number of benzene rings is 2. The number of piperidine rings is 2. The van der Waals surface area contributed by atoms with Gasteiger partial charge in [-0.3, -0.25) is 44.0 Å². The number of carboxylic acid groups (broad SMARTS) is 1. The molecular weight excluding hydrogens is 1170 g/mol. The van der Waals surface area contributed by atoms with Crippen molar-refractivity contribution in [2.45, 2.75) is 177 Å². The van der Waals surface area contributed by atoms with Crippen LogP contribution < -0.4 is 36.9 Å². The number of hydrogen-bond acceptors (Lipinski definition) is 18. The van der Waals surface area contributed by atoms with Crippen molar-refractivity contribution in [3.63, 3.8) is 0 Å². The molecule has 9 rings (SSSR count). The zero-order valence-corrected chi connectivity index (χ0v) is 54.0. The van der Waals surface area contributed by atoms with E-state index in [1.807, 2.05) is 25.8 Å². The van der Waals surface area contributed by atoms with Gasteiger partial charge in [-0.25, -0.2) is 10.2 Å². The second-order valence-electron chi connectivity index (χ2n) is 26.2. The normalized spacial score (nSPS) is 30.1. The smallest absolute Gasteiger partial charge is 0.426 e. The van der Waals surface area contributed by atoms with Crippen molar-refractivity contribution in [2.75, 3.05) is 76.4 Å². The van der Waals surface area contributed by atoms with E-state index >= 15 is 4.79 Å². The highest BCUT2D eigenvalue weighted by Gasteiger charge is 2.79. The number of methoxy groups -OCH3 is 1. The summed E-state index contributed by atoms with van der Waals surface area (Å²) in [5, 5.41) is 54.4. The molecule has 2 aromatic carbocycles. The molecule has 1 unspecified atom stereocenters. The molecule has 4 fully saturated rings. The van der Waals surface area contributed by atoms with Crippen LogP contribution in [-0.2, 0) is 50.8 Å². The molecule has 484 valence electrons. The number of nitrogens with zero attached hydrogens (tertiary/aromatic N) is 3. The van der Waals surface area contributed by atoms with Gasteiger partial charge >= 0.3 is 12.1 Å². The Morgan fingerprint density at radius 3 is 2.34 bits per heavy atom. The van der Waals surface area contributed by atoms with Gasteiger partial charge in [-0.15, -0.1) is 0 Å². The number of hydrogen-bond donors (Lipinski definition) is 10. The molecule has 11 N–H and O–H groups in total. The van der Waals surface area contributed by atoms with Crippen LogP contribution >= 0.6 is 21.6 Å². The zero-order chi connectivity index (χ0) is 63.7. The number of aromatic nitrogens is 1. The third-order valence-electron chi connectivity index (χ3n) is 21.0. The zero-order valence-electron chi connectivity index (χ0n) is 52.3. The Morgan fingerprint density at radius 2 is 1.64 bits per heavy atom. The summed E-state index contributed by atoms with van der Waals surface area (Å²) in [5.74, 6) is -4.27. The van der Waals surface area contributed by atoms with E-state index in [-0.39, 0.29) is 49.1 Å². The maximum Gasteiger partial charge on any atom is 0.426 e. The molecule has 6 heterocycles. The highest BCUT2D eigenvalue weighted by Crippen LogP contribution is 2.68. The Morgan fingerprint density at radius 1 is 0.886 bits per heavy atom. The van der Waals surface area contributed by atoms with E-state index < -0.39 is 100 Å². The van der Waals surface area contributed by atoms with E-state index in [9.17, 15) is 49.2 Å². The molecule has 3 aromatic rings. The van der Waals surface area contributed by atoms with Crippen molar-refractivity contribution in [3.8, 4) is 5.75 Å². The maximum absolute atomic E-state index is 15.1. The van der Waals surface area contributed by atoms with Crippen molar-refractivity contribution < 1.29 is 63.5 Å². The van der Waals surface area contributed by atoms with Gasteiger partial charge in [0.25, 0.3) is 5.91 Å². The number of likely N-dealkylation sites (N-methyl/N-ethyl adjacent to an activating group) is 1. The Kier molecular flexibility index (Phi) is 20.7. The highest BCUT2D eigenvalue weighted by atomic mass is 33.1. The number of ketones is 2. The molecule has 1 aliphatic carbocycles. The minimum absolute atomic E-state index is 0.0468. The molecule has 1 saturated carbocycles. The number of carboxylic acids is 1. The van der Waals surface area contributed by atoms with Crippen molar-refractivity contribution in [2.24, 2.45) is 28.9 Å². The van der Waals surface area contributed by atoms with Crippen LogP contribution in [0.25, 0.3) is 10.9 Å². The number of carbonyl (C=O) groups excluding carboxylic acids is 6. The number of hydrazine groups is 1. The number of Topliss-reactive ketones (excluding diaryl/α,β-unsaturated/α-hetero) is 2. The largest absolute Gasteiger partial charge is 0.496 e. The first-order valence-electron chi connectivity index (χ1n) is 31.6. The summed E-state index contributed by atoms with van der Waals surface area (Å²) in [6, 6.07) is 9.52. The third-order valence-corrected chi connectivity index (χ3v) is 23.4. The van der Waals surface area contributed by atoms with Crippen LogP contribution in [0.3, 0.4) is 0 Å². The topological polar surface area (TPSA) is 319 Å². The minimum atomic E-state index is -2.45. The van der Waals surface area contributed by atoms with Gasteiger partial charge in [-0.05, 0) is 120 Å². The maximum atomic E-state index is 15.1. The number of rotatable bonds is 25. The summed E-state index contributed by atoms with van der Waals surface area (Å²) < 4.78 is 11.9. The average Bonchev–Trinajstić information content (AvgIpc) is 1.45. The van der Waals surface area contributed by atoms with Crippen LogP contribution in [0, 0.1) is 23.2 Å². The summed E-state index contributed by atoms with van der Waals surface area (Å²) in [4.78, 5) is 103. The number of aliphatic hydroxyl groups excluding tert-OH is 1. The third kappa shape index (κ3) is 12.4. The molecule has 1 aromatic heterocycles. The Balaban J connectivity index is 0.855. The number of H-pyrrole nitrogens is 1. The van der Waals surface area contributed by atoms with E-state index in [1.54, 1.807) is 14.0 Å². The number of anilines is 1. The van der Waals surface area contributed by atoms with E-state index in [2.05, 4.69) is 86.5 Å². The van der Waals surface area contributed by atoms with Gasteiger partial charge in [-0.1, -0.05) is 67.5 Å². The first-order chi connectivity index (χ1) is 41.9. The Bertz CT molecular complexity index is 3120. The summed E-state index contributed by atoms with van der Waals surface area (Å²) in [6.07, 6.45) is 2.62. The van der Waals surface area contributed by atoms with E-state index in [4.69, 9.17) is 15.2 Å². The van der Waals surface area contributed by atoms with Crippen molar-refractivity contribution in [1.29, 1.82) is 0 Å². The average molecular weight is 1260 g/mol. The molecule has 6 aliphatic rings. The van der Waals surface area contributed by atoms with Crippen LogP contribution in [0.5, 0.6) is 5.75 Å². The fraction of sp³-hybridized carbons (Fsp3) is 0.672. The number of nitrogens with one attached hydrogen (secondary N) is 5. The number of aliphatic carboxylic acids is 1. The first-order valence-corrected chi connectivity index (χ1v) is 34.1. The Labute approximate surface area is 524 Å². The second-order valence-corrected chi connectivity index (χ2v) is 28.9. The number of carbonyl (C=O) groups is 7. The molecule has 0 radical (unpaired) electrons. The molecule has 22 nitrogen and oxygen atoms in total. The van der Waals surface area contributed by atoms with Crippen molar-refractivity contribution >= 4 is 79.5 Å². The fourth-order valence-electron chi connectivity index (χ4n) is 16.5. The van der Waals surface area contributed by atoms with Crippen LogP contribution in [-0.4, -0.2) is 190 Å². The molecule has 1 spiro atoms. The number of aliphatic hydroxyl groups is 3. The molecule has 3 saturated heterocycles. The first kappa shape index (κ1) is 66.9. The molecule has 5 aliphatic heterocycles. The number of aromatic amines is 1.